The number of aliphatic hydroxyl groups is 1. The first-order valence-corrected chi connectivity index (χ1v) is 6.05. The molecule has 6 heteroatoms. The molecule has 0 spiro atoms. The van der Waals surface area contributed by atoms with Crippen LogP contribution in [0.2, 0.25) is 0 Å². The lowest BCUT2D eigenvalue weighted by Gasteiger charge is -2.16. The third-order valence-corrected chi connectivity index (χ3v) is 2.75. The van der Waals surface area contributed by atoms with E-state index in [1.807, 2.05) is 0 Å². The van der Waals surface area contributed by atoms with Gasteiger partial charge in [0.05, 0.1) is 11.0 Å². The molecule has 0 aliphatic heterocycles. The lowest BCUT2D eigenvalue weighted by molar-refractivity contribution is -0.385. The molecule has 104 valence electrons. The van der Waals surface area contributed by atoms with E-state index in [1.165, 1.54) is 6.07 Å². The molecule has 0 heterocycles. The highest BCUT2D eigenvalue weighted by atomic mass is 16.6. The fourth-order valence-electron chi connectivity index (χ4n) is 1.97. The summed E-state index contributed by atoms with van der Waals surface area (Å²) in [4.78, 5) is 22.4. The van der Waals surface area contributed by atoms with Gasteiger partial charge in [-0.2, -0.15) is 0 Å². The molecule has 0 saturated heterocycles. The summed E-state index contributed by atoms with van der Waals surface area (Å²) >= 11 is 0. The molecule has 0 saturated carbocycles. The van der Waals surface area contributed by atoms with Gasteiger partial charge in [-0.1, -0.05) is 12.1 Å². The molecule has 0 aromatic heterocycles. The molecule has 2 atom stereocenters. The maximum Gasteiger partial charge on any atom is 0.282 e. The van der Waals surface area contributed by atoms with Gasteiger partial charge in [0.1, 0.15) is 5.56 Å². The number of nitro groups is 1. The number of nitrogens with one attached hydrogen (secondary N) is 1. The van der Waals surface area contributed by atoms with Crippen molar-refractivity contribution >= 4 is 11.6 Å². The van der Waals surface area contributed by atoms with Gasteiger partial charge in [0, 0.05) is 12.1 Å². The molecule has 1 aromatic rings. The van der Waals surface area contributed by atoms with Gasteiger partial charge in [-0.15, -0.1) is 0 Å². The van der Waals surface area contributed by atoms with E-state index < -0.39 is 16.9 Å². The van der Waals surface area contributed by atoms with Gasteiger partial charge in [-0.05, 0) is 32.8 Å². The Morgan fingerprint density at radius 2 is 2.11 bits per heavy atom. The summed E-state index contributed by atoms with van der Waals surface area (Å²) in [5.74, 6) is -0.488. The SMILES string of the molecule is Cc1cccc([N+](=O)[O-])c1C(=O)NC(C)CC(C)O. The second kappa shape index (κ2) is 6.29. The first-order chi connectivity index (χ1) is 8.82. The Kier molecular flexibility index (Phi) is 5.00. The van der Waals surface area contributed by atoms with Gasteiger partial charge >= 0.3 is 0 Å². The van der Waals surface area contributed by atoms with Crippen LogP contribution >= 0.6 is 0 Å². The van der Waals surface area contributed by atoms with Crippen molar-refractivity contribution in [2.45, 2.75) is 39.3 Å². The lowest BCUT2D eigenvalue weighted by Crippen LogP contribution is -2.35. The van der Waals surface area contributed by atoms with Crippen molar-refractivity contribution in [1.29, 1.82) is 0 Å². The van der Waals surface area contributed by atoms with E-state index in [0.717, 1.165) is 0 Å². The van der Waals surface area contributed by atoms with Crippen LogP contribution in [0.3, 0.4) is 0 Å². The number of benzene rings is 1. The van der Waals surface area contributed by atoms with Crippen LogP contribution in [-0.4, -0.2) is 28.1 Å². The number of hydrogen-bond donors (Lipinski definition) is 2. The molecule has 1 aromatic carbocycles. The first-order valence-electron chi connectivity index (χ1n) is 6.05. The van der Waals surface area contributed by atoms with E-state index in [2.05, 4.69) is 5.32 Å². The van der Waals surface area contributed by atoms with Crippen molar-refractivity contribution in [2.75, 3.05) is 0 Å². The zero-order chi connectivity index (χ0) is 14.6. The molecule has 1 rings (SSSR count). The third kappa shape index (κ3) is 4.03. The van der Waals surface area contributed by atoms with Crippen molar-refractivity contribution in [1.82, 2.24) is 5.32 Å². The maximum atomic E-state index is 12.1. The second-order valence-electron chi connectivity index (χ2n) is 4.69. The van der Waals surface area contributed by atoms with E-state index >= 15 is 0 Å². The molecular formula is C13H18N2O4. The number of carbonyl (C=O) groups excluding carboxylic acids is 1. The van der Waals surface area contributed by atoms with Crippen LogP contribution in [0.1, 0.15) is 36.2 Å². The average Bonchev–Trinajstić information content (AvgIpc) is 2.26. The minimum Gasteiger partial charge on any atom is -0.393 e. The Balaban J connectivity index is 2.96. The Morgan fingerprint density at radius 1 is 1.47 bits per heavy atom. The fraction of sp³-hybridized carbons (Fsp3) is 0.462. The van der Waals surface area contributed by atoms with Gasteiger partial charge < -0.3 is 10.4 Å². The largest absolute Gasteiger partial charge is 0.393 e. The van der Waals surface area contributed by atoms with Gasteiger partial charge in [0.25, 0.3) is 11.6 Å². The van der Waals surface area contributed by atoms with Crippen LogP contribution in [0.15, 0.2) is 18.2 Å². The summed E-state index contributed by atoms with van der Waals surface area (Å²) in [6, 6.07) is 4.25. The Hall–Kier alpha value is -1.95. The Bertz CT molecular complexity index is 486. The second-order valence-corrected chi connectivity index (χ2v) is 4.69. The molecular weight excluding hydrogens is 248 g/mol. The number of nitrogens with zero attached hydrogens (tertiary/aromatic N) is 1. The molecule has 2 unspecified atom stereocenters. The van der Waals surface area contributed by atoms with Crippen LogP contribution in [0.4, 0.5) is 5.69 Å². The van der Waals surface area contributed by atoms with Crippen LogP contribution in [0, 0.1) is 17.0 Å². The fourth-order valence-corrected chi connectivity index (χ4v) is 1.97. The van der Waals surface area contributed by atoms with E-state index in [0.29, 0.717) is 12.0 Å². The monoisotopic (exact) mass is 266 g/mol. The van der Waals surface area contributed by atoms with Crippen LogP contribution in [0.25, 0.3) is 0 Å². The highest BCUT2D eigenvalue weighted by Crippen LogP contribution is 2.21. The Labute approximate surface area is 111 Å². The van der Waals surface area contributed by atoms with E-state index in [4.69, 9.17) is 0 Å². The average molecular weight is 266 g/mol. The minimum atomic E-state index is -0.568. The van der Waals surface area contributed by atoms with Crippen LogP contribution in [-0.2, 0) is 0 Å². The summed E-state index contributed by atoms with van der Waals surface area (Å²) in [7, 11) is 0. The van der Waals surface area contributed by atoms with Crippen molar-refractivity contribution in [3.8, 4) is 0 Å². The predicted molar refractivity (Wildman–Crippen MR) is 71.1 cm³/mol. The Morgan fingerprint density at radius 3 is 2.63 bits per heavy atom. The van der Waals surface area contributed by atoms with Gasteiger partial charge in [0.15, 0.2) is 0 Å². The highest BCUT2D eigenvalue weighted by Gasteiger charge is 2.23. The van der Waals surface area contributed by atoms with Gasteiger partial charge in [-0.25, -0.2) is 0 Å². The molecule has 0 fully saturated rings. The number of hydrogen-bond acceptors (Lipinski definition) is 4. The van der Waals surface area contributed by atoms with Gasteiger partial charge in [-0.3, -0.25) is 14.9 Å². The standard InChI is InChI=1S/C13H18N2O4/c1-8-5-4-6-11(15(18)19)12(8)13(17)14-9(2)7-10(3)16/h4-6,9-10,16H,7H2,1-3H3,(H,14,17). The summed E-state index contributed by atoms with van der Waals surface area (Å²) in [5, 5.41) is 22.8. The molecule has 2 N–H and O–H groups in total. The lowest BCUT2D eigenvalue weighted by atomic mass is 10.0. The summed E-state index contributed by atoms with van der Waals surface area (Å²) in [6.07, 6.45) is -0.145. The normalized spacial score (nSPS) is 13.7. The number of aryl methyl sites for hydroxylation is 1. The molecule has 0 radical (unpaired) electrons. The molecule has 6 nitrogen and oxygen atoms in total. The van der Waals surface area contributed by atoms with E-state index in [1.54, 1.807) is 32.9 Å². The highest BCUT2D eigenvalue weighted by molar-refractivity contribution is 5.99. The van der Waals surface area contributed by atoms with Crippen molar-refractivity contribution < 1.29 is 14.8 Å². The zero-order valence-electron chi connectivity index (χ0n) is 11.2. The smallest absolute Gasteiger partial charge is 0.282 e. The number of rotatable bonds is 5. The number of amides is 1. The molecule has 0 aliphatic rings. The van der Waals surface area contributed by atoms with Crippen LogP contribution < -0.4 is 5.32 Å². The summed E-state index contributed by atoms with van der Waals surface area (Å²) < 4.78 is 0. The van der Waals surface area contributed by atoms with Crippen molar-refractivity contribution in [2.24, 2.45) is 0 Å². The zero-order valence-corrected chi connectivity index (χ0v) is 11.2. The molecule has 0 aliphatic carbocycles. The summed E-state index contributed by atoms with van der Waals surface area (Å²) in [6.45, 7) is 5.02. The molecule has 19 heavy (non-hydrogen) atoms. The number of nitro benzene ring substituents is 1. The topological polar surface area (TPSA) is 92.5 Å². The number of aliphatic hydroxyl groups excluding tert-OH is 1. The molecule has 0 bridgehead atoms. The number of carbonyl (C=O) groups is 1. The molecule has 1 amide bonds. The maximum absolute atomic E-state index is 12.1. The first kappa shape index (κ1) is 15.1. The van der Waals surface area contributed by atoms with Crippen LogP contribution in [0.5, 0.6) is 0 Å². The predicted octanol–water partition coefficient (Wildman–Crippen LogP) is 1.79. The minimum absolute atomic E-state index is 0.0740. The summed E-state index contributed by atoms with van der Waals surface area (Å²) in [5.41, 5.74) is 0.419. The van der Waals surface area contributed by atoms with Gasteiger partial charge in [0.2, 0.25) is 0 Å². The van der Waals surface area contributed by atoms with Crippen molar-refractivity contribution in [3.05, 3.63) is 39.4 Å². The quantitative estimate of drug-likeness (QED) is 0.627. The third-order valence-electron chi connectivity index (χ3n) is 2.75. The van der Waals surface area contributed by atoms with E-state index in [-0.39, 0.29) is 17.3 Å². The van der Waals surface area contributed by atoms with E-state index in [9.17, 15) is 20.0 Å². The van der Waals surface area contributed by atoms with Crippen molar-refractivity contribution in [3.63, 3.8) is 0 Å².